The van der Waals surface area contributed by atoms with Gasteiger partial charge in [0.15, 0.2) is 0 Å². The van der Waals surface area contributed by atoms with Crippen LogP contribution in [0.3, 0.4) is 0 Å². The number of aryl methyl sites for hydroxylation is 1. The minimum atomic E-state index is -0.443. The molecule has 1 N–H and O–H groups in total. The molecule has 0 heterocycles. The molecule has 0 spiro atoms. The van der Waals surface area contributed by atoms with Crippen molar-refractivity contribution in [2.45, 2.75) is 76.8 Å². The average Bonchev–Trinajstić information content (AvgIpc) is 2.81. The van der Waals surface area contributed by atoms with Crippen molar-refractivity contribution in [1.29, 1.82) is 0 Å². The summed E-state index contributed by atoms with van der Waals surface area (Å²) in [5.41, 5.74) is 3.44. The van der Waals surface area contributed by atoms with Crippen molar-refractivity contribution >= 4 is 23.6 Å². The molecule has 3 rings (SSSR count). The molecule has 0 aromatic heterocycles. The van der Waals surface area contributed by atoms with Crippen molar-refractivity contribution in [2.24, 2.45) is 0 Å². The number of amides is 2. The third kappa shape index (κ3) is 7.13. The van der Waals surface area contributed by atoms with Gasteiger partial charge in [0, 0.05) is 18.3 Å². The smallest absolute Gasteiger partial charge is 0.243 e. The number of nitrogens with zero attached hydrogens (tertiary/aromatic N) is 1. The normalized spacial score (nSPS) is 15.2. The zero-order valence-corrected chi connectivity index (χ0v) is 20.2. The second kappa shape index (κ2) is 12.7. The van der Waals surface area contributed by atoms with Gasteiger partial charge in [-0.3, -0.25) is 9.59 Å². The molecule has 0 saturated heterocycles. The highest BCUT2D eigenvalue weighted by Gasteiger charge is 2.30. The van der Waals surface area contributed by atoms with Gasteiger partial charge in [-0.05, 0) is 42.9 Å². The van der Waals surface area contributed by atoms with E-state index in [0.717, 1.165) is 29.7 Å². The zero-order valence-electron chi connectivity index (χ0n) is 19.4. The fourth-order valence-electron chi connectivity index (χ4n) is 4.35. The monoisotopic (exact) mass is 452 g/mol. The van der Waals surface area contributed by atoms with Gasteiger partial charge in [0.05, 0.1) is 5.75 Å². The summed E-state index contributed by atoms with van der Waals surface area (Å²) in [5, 5.41) is 3.25. The molecule has 0 unspecified atom stereocenters. The Kier molecular flexibility index (Phi) is 9.66. The molecule has 4 nitrogen and oxygen atoms in total. The summed E-state index contributed by atoms with van der Waals surface area (Å²) in [7, 11) is 0. The molecule has 172 valence electrons. The number of hydrogen-bond donors (Lipinski definition) is 1. The fourth-order valence-corrected chi connectivity index (χ4v) is 5.22. The van der Waals surface area contributed by atoms with Crippen molar-refractivity contribution in [3.63, 3.8) is 0 Å². The summed E-state index contributed by atoms with van der Waals surface area (Å²) in [6, 6.07) is 18.1. The van der Waals surface area contributed by atoms with E-state index in [0.29, 0.717) is 18.7 Å². The van der Waals surface area contributed by atoms with Gasteiger partial charge in [0.1, 0.15) is 6.04 Å². The maximum atomic E-state index is 13.4. The van der Waals surface area contributed by atoms with Gasteiger partial charge in [-0.1, -0.05) is 80.8 Å². The van der Waals surface area contributed by atoms with Gasteiger partial charge >= 0.3 is 0 Å². The lowest BCUT2D eigenvalue weighted by molar-refractivity contribution is -0.139. The SMILES string of the molecule is CC[C@H](C(=O)NC1CCCCC1)N(Cc1ccccc1C)C(=O)CSCc1ccccc1. The second-order valence-electron chi connectivity index (χ2n) is 8.69. The maximum absolute atomic E-state index is 13.4. The Morgan fingerprint density at radius 1 is 1.03 bits per heavy atom. The van der Waals surface area contributed by atoms with Crippen LogP contribution in [0.1, 0.15) is 62.1 Å². The molecule has 32 heavy (non-hydrogen) atoms. The van der Waals surface area contributed by atoms with E-state index < -0.39 is 6.04 Å². The second-order valence-corrected chi connectivity index (χ2v) is 9.68. The van der Waals surface area contributed by atoms with Crippen molar-refractivity contribution in [1.82, 2.24) is 10.2 Å². The van der Waals surface area contributed by atoms with Crippen LogP contribution in [0.5, 0.6) is 0 Å². The summed E-state index contributed by atoms with van der Waals surface area (Å²) < 4.78 is 0. The fraction of sp³-hybridized carbons (Fsp3) is 0.481. The lowest BCUT2D eigenvalue weighted by atomic mass is 9.95. The molecular weight excluding hydrogens is 416 g/mol. The topological polar surface area (TPSA) is 49.4 Å². The molecule has 1 fully saturated rings. The van der Waals surface area contributed by atoms with Gasteiger partial charge in [-0.25, -0.2) is 0 Å². The first-order chi connectivity index (χ1) is 15.6. The highest BCUT2D eigenvalue weighted by atomic mass is 32.2. The molecule has 1 aliphatic carbocycles. The highest BCUT2D eigenvalue weighted by molar-refractivity contribution is 7.99. The number of hydrogen-bond acceptors (Lipinski definition) is 3. The number of thioether (sulfide) groups is 1. The van der Waals surface area contributed by atoms with E-state index in [-0.39, 0.29) is 17.9 Å². The predicted octanol–water partition coefficient (Wildman–Crippen LogP) is 5.48. The van der Waals surface area contributed by atoms with Crippen LogP contribution in [0, 0.1) is 6.92 Å². The van der Waals surface area contributed by atoms with Crippen LogP contribution in [0.15, 0.2) is 54.6 Å². The standard InChI is InChI=1S/C27H36N2O2S/c1-3-25(27(31)28-24-16-8-5-9-17-24)29(18-23-15-11-10-12-21(23)2)26(30)20-32-19-22-13-6-4-7-14-22/h4,6-7,10-15,24-25H,3,5,8-9,16-20H2,1-2H3,(H,28,31)/t25-/m1/s1. The van der Waals surface area contributed by atoms with Crippen LogP contribution in [-0.4, -0.2) is 34.6 Å². The Hall–Kier alpha value is -2.27. The molecular formula is C27H36N2O2S. The molecule has 2 amide bonds. The molecule has 0 bridgehead atoms. The quantitative estimate of drug-likeness (QED) is 0.519. The third-order valence-corrected chi connectivity index (χ3v) is 7.27. The van der Waals surface area contributed by atoms with Crippen LogP contribution < -0.4 is 5.32 Å². The summed E-state index contributed by atoms with van der Waals surface area (Å²) in [6.45, 7) is 4.53. The zero-order chi connectivity index (χ0) is 22.8. The molecule has 5 heteroatoms. The van der Waals surface area contributed by atoms with Crippen LogP contribution >= 0.6 is 11.8 Å². The van der Waals surface area contributed by atoms with E-state index in [2.05, 4.69) is 36.5 Å². The summed E-state index contributed by atoms with van der Waals surface area (Å²) in [4.78, 5) is 28.4. The molecule has 1 saturated carbocycles. The maximum Gasteiger partial charge on any atom is 0.243 e. The number of rotatable bonds is 10. The number of carbonyl (C=O) groups is 2. The Morgan fingerprint density at radius 3 is 2.41 bits per heavy atom. The van der Waals surface area contributed by atoms with Gasteiger partial charge in [0.2, 0.25) is 11.8 Å². The molecule has 2 aromatic rings. The van der Waals surface area contributed by atoms with E-state index in [9.17, 15) is 9.59 Å². The summed E-state index contributed by atoms with van der Waals surface area (Å²) in [6.07, 6.45) is 6.29. The van der Waals surface area contributed by atoms with E-state index in [1.807, 2.05) is 37.3 Å². The molecule has 1 aliphatic rings. The first-order valence-electron chi connectivity index (χ1n) is 11.8. The van der Waals surface area contributed by atoms with Crippen molar-refractivity contribution in [3.8, 4) is 0 Å². The van der Waals surface area contributed by atoms with Gasteiger partial charge < -0.3 is 10.2 Å². The lowest BCUT2D eigenvalue weighted by Crippen LogP contribution is -2.52. The Balaban J connectivity index is 1.71. The highest BCUT2D eigenvalue weighted by Crippen LogP contribution is 2.21. The lowest BCUT2D eigenvalue weighted by Gasteiger charge is -2.33. The van der Waals surface area contributed by atoms with Gasteiger partial charge in [-0.15, -0.1) is 11.8 Å². The summed E-state index contributed by atoms with van der Waals surface area (Å²) in [5.74, 6) is 1.18. The van der Waals surface area contributed by atoms with E-state index in [4.69, 9.17) is 0 Å². The van der Waals surface area contributed by atoms with Crippen molar-refractivity contribution < 1.29 is 9.59 Å². The summed E-state index contributed by atoms with van der Waals surface area (Å²) >= 11 is 1.61. The Labute approximate surface area is 197 Å². The van der Waals surface area contributed by atoms with Crippen LogP contribution in [0.25, 0.3) is 0 Å². The number of benzene rings is 2. The average molecular weight is 453 g/mol. The van der Waals surface area contributed by atoms with Crippen LogP contribution in [0.4, 0.5) is 0 Å². The number of carbonyl (C=O) groups excluding carboxylic acids is 2. The van der Waals surface area contributed by atoms with E-state index in [1.54, 1.807) is 16.7 Å². The Morgan fingerprint density at radius 2 is 1.72 bits per heavy atom. The third-order valence-electron chi connectivity index (χ3n) is 6.28. The first kappa shape index (κ1) is 24.4. The molecule has 0 radical (unpaired) electrons. The molecule has 0 aliphatic heterocycles. The first-order valence-corrected chi connectivity index (χ1v) is 13.0. The van der Waals surface area contributed by atoms with E-state index >= 15 is 0 Å². The van der Waals surface area contributed by atoms with Crippen LogP contribution in [0.2, 0.25) is 0 Å². The van der Waals surface area contributed by atoms with Crippen molar-refractivity contribution in [2.75, 3.05) is 5.75 Å². The minimum Gasteiger partial charge on any atom is -0.352 e. The molecule has 1 atom stereocenters. The Bertz CT molecular complexity index is 865. The largest absolute Gasteiger partial charge is 0.352 e. The van der Waals surface area contributed by atoms with E-state index in [1.165, 1.54) is 24.8 Å². The predicted molar refractivity (Wildman–Crippen MR) is 133 cm³/mol. The minimum absolute atomic E-state index is 0.00519. The van der Waals surface area contributed by atoms with Gasteiger partial charge in [-0.2, -0.15) is 0 Å². The number of nitrogens with one attached hydrogen (secondary N) is 1. The van der Waals surface area contributed by atoms with Crippen LogP contribution in [-0.2, 0) is 21.9 Å². The molecule has 2 aromatic carbocycles. The van der Waals surface area contributed by atoms with Crippen molar-refractivity contribution in [3.05, 3.63) is 71.3 Å². The van der Waals surface area contributed by atoms with Gasteiger partial charge in [0.25, 0.3) is 0 Å².